The smallest absolute Gasteiger partial charge is 0.257 e. The minimum absolute atomic E-state index is 0.0531. The molecule has 0 saturated carbocycles. The van der Waals surface area contributed by atoms with Crippen molar-refractivity contribution in [2.75, 3.05) is 13.3 Å². The molecule has 0 bridgehead atoms. The van der Waals surface area contributed by atoms with Crippen molar-refractivity contribution in [2.24, 2.45) is 0 Å². The van der Waals surface area contributed by atoms with Gasteiger partial charge in [0.2, 0.25) is 12.7 Å². The number of rotatable bonds is 4. The molecule has 1 amide bonds. The molecule has 3 heterocycles. The molecule has 29 heavy (non-hydrogen) atoms. The minimum Gasteiger partial charge on any atom is -0.454 e. The molecule has 2 aliphatic heterocycles. The maximum absolute atomic E-state index is 12.5. The quantitative estimate of drug-likeness (QED) is 0.677. The Morgan fingerprint density at radius 3 is 2.79 bits per heavy atom. The largest absolute Gasteiger partial charge is 0.454 e. The van der Waals surface area contributed by atoms with Crippen molar-refractivity contribution in [3.05, 3.63) is 59.4 Å². The van der Waals surface area contributed by atoms with Crippen LogP contribution in [0.15, 0.2) is 47.0 Å². The van der Waals surface area contributed by atoms with Crippen LogP contribution in [-0.4, -0.2) is 34.3 Å². The van der Waals surface area contributed by atoms with Crippen LogP contribution in [0.5, 0.6) is 11.5 Å². The summed E-state index contributed by atoms with van der Waals surface area (Å²) in [5.41, 5.74) is 2.29. The molecule has 1 saturated heterocycles. The Morgan fingerprint density at radius 1 is 1.14 bits per heavy atom. The van der Waals surface area contributed by atoms with Gasteiger partial charge >= 0.3 is 0 Å². The third kappa shape index (κ3) is 3.27. The Morgan fingerprint density at radius 2 is 1.97 bits per heavy atom. The average Bonchev–Trinajstić information content (AvgIpc) is 3.48. The zero-order chi connectivity index (χ0) is 19.8. The molecule has 1 aromatic heterocycles. The first kappa shape index (κ1) is 17.3. The highest BCUT2D eigenvalue weighted by atomic mass is 16.7. The summed E-state index contributed by atoms with van der Waals surface area (Å²) in [7, 11) is 0. The Bertz CT molecular complexity index is 1120. The van der Waals surface area contributed by atoms with Gasteiger partial charge < -0.3 is 18.9 Å². The molecule has 0 N–H and O–H groups in total. The number of ether oxygens (including phenoxy) is 2. The summed E-state index contributed by atoms with van der Waals surface area (Å²) < 4.78 is 16.1. The van der Waals surface area contributed by atoms with E-state index in [4.69, 9.17) is 19.3 Å². The van der Waals surface area contributed by atoms with Gasteiger partial charge in [-0.2, -0.15) is 10.2 Å². The van der Waals surface area contributed by atoms with Gasteiger partial charge in [0.05, 0.1) is 11.6 Å². The average molecular weight is 388 g/mol. The fourth-order valence-corrected chi connectivity index (χ4v) is 3.56. The van der Waals surface area contributed by atoms with Crippen LogP contribution in [0.1, 0.15) is 29.3 Å². The van der Waals surface area contributed by atoms with Gasteiger partial charge in [0, 0.05) is 31.0 Å². The van der Waals surface area contributed by atoms with E-state index in [0.717, 1.165) is 16.9 Å². The summed E-state index contributed by atoms with van der Waals surface area (Å²) in [6, 6.07) is 14.7. The lowest BCUT2D eigenvalue weighted by Crippen LogP contribution is -2.24. The van der Waals surface area contributed by atoms with E-state index < -0.39 is 0 Å². The van der Waals surface area contributed by atoms with Gasteiger partial charge in [-0.05, 0) is 42.0 Å². The summed E-state index contributed by atoms with van der Waals surface area (Å²) in [5, 5.41) is 13.0. The van der Waals surface area contributed by atoms with E-state index in [0.29, 0.717) is 42.5 Å². The van der Waals surface area contributed by atoms with Crippen LogP contribution in [0.4, 0.5) is 0 Å². The number of amides is 1. The van der Waals surface area contributed by atoms with Crippen molar-refractivity contribution < 1.29 is 18.8 Å². The number of hydrogen-bond acceptors (Lipinski definition) is 7. The van der Waals surface area contributed by atoms with Crippen LogP contribution in [-0.2, 0) is 11.3 Å². The van der Waals surface area contributed by atoms with Gasteiger partial charge in [-0.3, -0.25) is 4.79 Å². The summed E-state index contributed by atoms with van der Waals surface area (Å²) in [6.07, 6.45) is 0.344. The van der Waals surface area contributed by atoms with Crippen LogP contribution in [0.2, 0.25) is 0 Å². The van der Waals surface area contributed by atoms with E-state index in [1.54, 1.807) is 29.2 Å². The second-order valence-corrected chi connectivity index (χ2v) is 7.01. The molecule has 3 aromatic rings. The van der Waals surface area contributed by atoms with E-state index in [9.17, 15) is 4.79 Å². The monoisotopic (exact) mass is 388 g/mol. The summed E-state index contributed by atoms with van der Waals surface area (Å²) in [5.74, 6) is 2.26. The van der Waals surface area contributed by atoms with Crippen LogP contribution in [0, 0.1) is 11.3 Å². The van der Waals surface area contributed by atoms with Crippen molar-refractivity contribution in [2.45, 2.75) is 18.9 Å². The second-order valence-electron chi connectivity index (χ2n) is 7.01. The number of benzene rings is 2. The molecule has 144 valence electrons. The molecule has 1 atom stereocenters. The lowest BCUT2D eigenvalue weighted by molar-refractivity contribution is -0.128. The number of carbonyl (C=O) groups excluding carboxylic acids is 1. The predicted molar refractivity (Wildman–Crippen MR) is 99.8 cm³/mol. The predicted octanol–water partition coefficient (Wildman–Crippen LogP) is 2.85. The maximum Gasteiger partial charge on any atom is 0.257 e. The molecule has 2 aliphatic rings. The van der Waals surface area contributed by atoms with Crippen molar-refractivity contribution in [3.8, 4) is 29.0 Å². The van der Waals surface area contributed by atoms with Crippen LogP contribution < -0.4 is 9.47 Å². The van der Waals surface area contributed by atoms with Crippen molar-refractivity contribution in [3.63, 3.8) is 0 Å². The number of nitriles is 1. The molecule has 0 radical (unpaired) electrons. The van der Waals surface area contributed by atoms with E-state index in [1.807, 2.05) is 18.2 Å². The molecular weight excluding hydrogens is 372 g/mol. The molecule has 2 aromatic carbocycles. The van der Waals surface area contributed by atoms with Gasteiger partial charge in [-0.25, -0.2) is 0 Å². The molecular formula is C21H16N4O4. The van der Waals surface area contributed by atoms with Crippen LogP contribution in [0.25, 0.3) is 11.5 Å². The van der Waals surface area contributed by atoms with Gasteiger partial charge in [0.15, 0.2) is 17.3 Å². The molecule has 1 unspecified atom stereocenters. The van der Waals surface area contributed by atoms with E-state index in [1.165, 1.54) is 0 Å². The van der Waals surface area contributed by atoms with E-state index in [-0.39, 0.29) is 18.6 Å². The highest BCUT2D eigenvalue weighted by molar-refractivity contribution is 5.79. The lowest BCUT2D eigenvalue weighted by atomic mass is 10.1. The SMILES string of the molecule is N#Cc1ccc(-c2nc(C3CC(=O)N(Cc4ccc5c(c4)OCO5)C3)no2)cc1. The van der Waals surface area contributed by atoms with Gasteiger partial charge in [-0.15, -0.1) is 0 Å². The number of fused-ring (bicyclic) bond motifs is 1. The van der Waals surface area contributed by atoms with E-state index in [2.05, 4.69) is 16.2 Å². The fraction of sp³-hybridized carbons (Fsp3) is 0.238. The molecule has 0 spiro atoms. The Balaban J connectivity index is 1.29. The van der Waals surface area contributed by atoms with E-state index >= 15 is 0 Å². The normalized spacial score (nSPS) is 17.6. The highest BCUT2D eigenvalue weighted by Crippen LogP contribution is 2.34. The maximum atomic E-state index is 12.5. The summed E-state index contributed by atoms with van der Waals surface area (Å²) in [4.78, 5) is 18.8. The molecule has 8 nitrogen and oxygen atoms in total. The number of aromatic nitrogens is 2. The third-order valence-electron chi connectivity index (χ3n) is 5.09. The molecule has 0 aliphatic carbocycles. The highest BCUT2D eigenvalue weighted by Gasteiger charge is 2.34. The number of carbonyl (C=O) groups is 1. The van der Waals surface area contributed by atoms with Gasteiger partial charge in [-0.1, -0.05) is 11.2 Å². The zero-order valence-corrected chi connectivity index (χ0v) is 15.4. The van der Waals surface area contributed by atoms with Crippen molar-refractivity contribution in [1.29, 1.82) is 5.26 Å². The van der Waals surface area contributed by atoms with Gasteiger partial charge in [0.1, 0.15) is 0 Å². The Kier molecular flexibility index (Phi) is 4.13. The van der Waals surface area contributed by atoms with Crippen molar-refractivity contribution in [1.82, 2.24) is 15.0 Å². The second kappa shape index (κ2) is 6.95. The Hall–Kier alpha value is -3.86. The Labute approximate surface area is 166 Å². The topological polar surface area (TPSA) is 101 Å². The first-order valence-electron chi connectivity index (χ1n) is 9.20. The molecule has 1 fully saturated rings. The van der Waals surface area contributed by atoms with Gasteiger partial charge in [0.25, 0.3) is 5.89 Å². The molecule has 8 heteroatoms. The summed E-state index contributed by atoms with van der Waals surface area (Å²) >= 11 is 0. The zero-order valence-electron chi connectivity index (χ0n) is 15.4. The first-order valence-corrected chi connectivity index (χ1v) is 9.20. The molecule has 5 rings (SSSR count). The standard InChI is InChI=1S/C21H16N4O4/c22-9-13-1-4-15(5-2-13)21-23-20(24-29-21)16-8-19(26)25(11-16)10-14-3-6-17-18(7-14)28-12-27-17/h1-7,16H,8,10-12H2. The van der Waals surface area contributed by atoms with Crippen LogP contribution in [0.3, 0.4) is 0 Å². The fourth-order valence-electron chi connectivity index (χ4n) is 3.56. The third-order valence-corrected chi connectivity index (χ3v) is 5.09. The first-order chi connectivity index (χ1) is 14.2. The number of likely N-dealkylation sites (tertiary alicyclic amines) is 1. The lowest BCUT2D eigenvalue weighted by Gasteiger charge is -2.16. The summed E-state index contributed by atoms with van der Waals surface area (Å²) in [6.45, 7) is 1.24. The minimum atomic E-state index is -0.118. The number of nitrogens with zero attached hydrogens (tertiary/aromatic N) is 4. The number of hydrogen-bond donors (Lipinski definition) is 0. The van der Waals surface area contributed by atoms with Crippen LogP contribution >= 0.6 is 0 Å². The van der Waals surface area contributed by atoms with Crippen molar-refractivity contribution >= 4 is 5.91 Å².